The molecule has 0 aromatic heterocycles. The highest BCUT2D eigenvalue weighted by molar-refractivity contribution is 6.05. The zero-order chi connectivity index (χ0) is 26.4. The average molecular weight is 506 g/mol. The average Bonchev–Trinajstić information content (AvgIpc) is 3.49. The van der Waals surface area contributed by atoms with Gasteiger partial charge in [-0.1, -0.05) is 43.3 Å². The quantitative estimate of drug-likeness (QED) is 0.510. The number of benzene rings is 2. The molecule has 8 nitrogen and oxygen atoms in total. The van der Waals surface area contributed by atoms with E-state index in [2.05, 4.69) is 10.6 Å². The molecule has 5 rings (SSSR count). The normalized spacial score (nSPS) is 29.9. The first-order chi connectivity index (χ1) is 17.8. The van der Waals surface area contributed by atoms with Crippen molar-refractivity contribution in [2.24, 2.45) is 11.8 Å². The van der Waals surface area contributed by atoms with E-state index in [0.29, 0.717) is 31.4 Å². The predicted molar refractivity (Wildman–Crippen MR) is 140 cm³/mol. The van der Waals surface area contributed by atoms with Crippen LogP contribution < -0.4 is 10.6 Å². The molecule has 3 amide bonds. The first-order valence-electron chi connectivity index (χ1n) is 13.1. The summed E-state index contributed by atoms with van der Waals surface area (Å²) in [5.74, 6) is -2.31. The second kappa shape index (κ2) is 9.58. The third kappa shape index (κ3) is 3.94. The Labute approximate surface area is 217 Å². The third-order valence-electron chi connectivity index (χ3n) is 8.54. The Balaban J connectivity index is 1.53. The standard InChI is InChI=1S/C29H35N3O5/c1-4-28-14-15-29(37-28)22(21(28)25(34)30-20-12-6-5-7-13-20)27(36)32(16-9-17-33)24(29)26(35)31-23-18(2)10-8-11-19(23)3/h5-8,10-13,21-22,24,33H,4,9,14-17H2,1-3H3,(H,30,34)(H,31,35)/t21-,22+,24?,28+,29?/m1/s1. The minimum Gasteiger partial charge on any atom is -0.396 e. The molecule has 2 aromatic rings. The lowest BCUT2D eigenvalue weighted by atomic mass is 9.65. The van der Waals surface area contributed by atoms with Crippen LogP contribution in [0.4, 0.5) is 11.4 Å². The molecule has 2 unspecified atom stereocenters. The van der Waals surface area contributed by atoms with Crippen LogP contribution in [0.15, 0.2) is 48.5 Å². The van der Waals surface area contributed by atoms with Crippen LogP contribution >= 0.6 is 0 Å². The molecule has 37 heavy (non-hydrogen) atoms. The topological polar surface area (TPSA) is 108 Å². The first-order valence-corrected chi connectivity index (χ1v) is 13.1. The van der Waals surface area contributed by atoms with Gasteiger partial charge >= 0.3 is 0 Å². The molecule has 8 heteroatoms. The van der Waals surface area contributed by atoms with E-state index in [1.807, 2.05) is 69.3 Å². The van der Waals surface area contributed by atoms with Crippen LogP contribution in [0.2, 0.25) is 0 Å². The molecule has 3 aliphatic rings. The molecule has 3 heterocycles. The molecule has 3 saturated heterocycles. The summed E-state index contributed by atoms with van der Waals surface area (Å²) in [6, 6.07) is 14.1. The SMILES string of the molecule is CC[C@@]12CCC3(O1)C(C(=O)Nc1c(C)cccc1C)N(CCCO)C(=O)[C@@H]3[C@@H]2C(=O)Nc1ccccc1. The number of rotatable bonds is 8. The number of likely N-dealkylation sites (tertiary alicyclic amines) is 1. The van der Waals surface area contributed by atoms with Crippen LogP contribution in [0.25, 0.3) is 0 Å². The van der Waals surface area contributed by atoms with Crippen LogP contribution in [0, 0.1) is 25.7 Å². The second-order valence-corrected chi connectivity index (χ2v) is 10.6. The number of anilines is 2. The Morgan fingerprint density at radius 2 is 1.73 bits per heavy atom. The number of nitrogens with one attached hydrogen (secondary N) is 2. The number of hydrogen-bond donors (Lipinski definition) is 3. The van der Waals surface area contributed by atoms with Gasteiger partial charge in [-0.3, -0.25) is 14.4 Å². The van der Waals surface area contributed by atoms with Crippen molar-refractivity contribution >= 4 is 29.1 Å². The van der Waals surface area contributed by atoms with Gasteiger partial charge in [0.05, 0.1) is 17.4 Å². The van der Waals surface area contributed by atoms with E-state index in [1.165, 1.54) is 4.90 Å². The highest BCUT2D eigenvalue weighted by atomic mass is 16.5. The van der Waals surface area contributed by atoms with E-state index >= 15 is 0 Å². The van der Waals surface area contributed by atoms with E-state index in [4.69, 9.17) is 4.74 Å². The summed E-state index contributed by atoms with van der Waals surface area (Å²) in [5, 5.41) is 15.6. The van der Waals surface area contributed by atoms with Crippen molar-refractivity contribution < 1.29 is 24.2 Å². The largest absolute Gasteiger partial charge is 0.396 e. The van der Waals surface area contributed by atoms with Gasteiger partial charge in [0, 0.05) is 24.5 Å². The second-order valence-electron chi connectivity index (χ2n) is 10.6. The lowest BCUT2D eigenvalue weighted by Crippen LogP contribution is -2.53. The maximum Gasteiger partial charge on any atom is 0.250 e. The summed E-state index contributed by atoms with van der Waals surface area (Å²) < 4.78 is 6.76. The van der Waals surface area contributed by atoms with Crippen molar-refractivity contribution in [3.63, 3.8) is 0 Å². The van der Waals surface area contributed by atoms with Crippen molar-refractivity contribution in [3.8, 4) is 0 Å². The van der Waals surface area contributed by atoms with Gasteiger partial charge < -0.3 is 25.4 Å². The van der Waals surface area contributed by atoms with Crippen molar-refractivity contribution in [1.82, 2.24) is 4.90 Å². The number of para-hydroxylation sites is 2. The number of aliphatic hydroxyl groups excluding tert-OH is 1. The molecule has 5 atom stereocenters. The fourth-order valence-corrected chi connectivity index (χ4v) is 6.84. The van der Waals surface area contributed by atoms with Crippen molar-refractivity contribution in [1.29, 1.82) is 0 Å². The maximum absolute atomic E-state index is 14.0. The lowest BCUT2D eigenvalue weighted by molar-refractivity contribution is -0.144. The Bertz CT molecular complexity index is 1200. The molecule has 3 fully saturated rings. The molecule has 3 aliphatic heterocycles. The molecule has 3 N–H and O–H groups in total. The summed E-state index contributed by atoms with van der Waals surface area (Å²) in [6.45, 7) is 5.95. The molecule has 2 aromatic carbocycles. The summed E-state index contributed by atoms with van der Waals surface area (Å²) in [4.78, 5) is 43.3. The number of carbonyl (C=O) groups is 3. The molecule has 2 bridgehead atoms. The Morgan fingerprint density at radius 1 is 1.03 bits per heavy atom. The number of fused-ring (bicyclic) bond motifs is 1. The van der Waals surface area contributed by atoms with Crippen LogP contribution in [-0.2, 0) is 19.1 Å². The number of nitrogens with zero attached hydrogens (tertiary/aromatic N) is 1. The monoisotopic (exact) mass is 505 g/mol. The molecule has 0 saturated carbocycles. The third-order valence-corrected chi connectivity index (χ3v) is 8.54. The minimum absolute atomic E-state index is 0.107. The maximum atomic E-state index is 14.0. The summed E-state index contributed by atoms with van der Waals surface area (Å²) in [5.41, 5.74) is 1.33. The minimum atomic E-state index is -1.10. The van der Waals surface area contributed by atoms with E-state index in [0.717, 1.165) is 16.8 Å². The summed E-state index contributed by atoms with van der Waals surface area (Å²) >= 11 is 0. The van der Waals surface area contributed by atoms with Gasteiger partial charge in [-0.2, -0.15) is 0 Å². The van der Waals surface area contributed by atoms with E-state index < -0.39 is 29.1 Å². The number of aryl methyl sites for hydroxylation is 2. The molecule has 0 aliphatic carbocycles. The molecule has 1 spiro atoms. The zero-order valence-electron chi connectivity index (χ0n) is 21.6. The first kappa shape index (κ1) is 25.4. The number of amides is 3. The van der Waals surface area contributed by atoms with Gasteiger partial charge in [0.2, 0.25) is 17.7 Å². The van der Waals surface area contributed by atoms with Gasteiger partial charge in [0.25, 0.3) is 0 Å². The molecular formula is C29H35N3O5. The number of carbonyl (C=O) groups excluding carboxylic acids is 3. The molecule has 0 radical (unpaired) electrons. The highest BCUT2D eigenvalue weighted by Crippen LogP contribution is 2.64. The smallest absolute Gasteiger partial charge is 0.250 e. The van der Waals surface area contributed by atoms with Gasteiger partial charge in [-0.05, 0) is 62.8 Å². The number of hydrogen-bond acceptors (Lipinski definition) is 5. The van der Waals surface area contributed by atoms with Crippen molar-refractivity contribution in [2.45, 2.75) is 63.7 Å². The fourth-order valence-electron chi connectivity index (χ4n) is 6.84. The molecule has 196 valence electrons. The van der Waals surface area contributed by atoms with Crippen LogP contribution in [0.1, 0.15) is 43.7 Å². The Hall–Kier alpha value is -3.23. The van der Waals surface area contributed by atoms with Crippen molar-refractivity contribution in [3.05, 3.63) is 59.7 Å². The van der Waals surface area contributed by atoms with Gasteiger partial charge in [-0.15, -0.1) is 0 Å². The van der Waals surface area contributed by atoms with Gasteiger partial charge in [0.15, 0.2) is 0 Å². The molecular weight excluding hydrogens is 470 g/mol. The van der Waals surface area contributed by atoms with Crippen molar-refractivity contribution in [2.75, 3.05) is 23.8 Å². The van der Waals surface area contributed by atoms with E-state index in [9.17, 15) is 19.5 Å². The van der Waals surface area contributed by atoms with Crippen LogP contribution in [0.3, 0.4) is 0 Å². The van der Waals surface area contributed by atoms with Crippen LogP contribution in [-0.4, -0.2) is 58.1 Å². The highest BCUT2D eigenvalue weighted by Gasteiger charge is 2.78. The van der Waals surface area contributed by atoms with E-state index in [-0.39, 0.29) is 30.9 Å². The lowest BCUT2D eigenvalue weighted by Gasteiger charge is -2.34. The summed E-state index contributed by atoms with van der Waals surface area (Å²) in [7, 11) is 0. The zero-order valence-corrected chi connectivity index (χ0v) is 21.6. The van der Waals surface area contributed by atoms with Gasteiger partial charge in [0.1, 0.15) is 11.6 Å². The predicted octanol–water partition coefficient (Wildman–Crippen LogP) is 3.42. The summed E-state index contributed by atoms with van der Waals surface area (Å²) in [6.07, 6.45) is 2.02. The van der Waals surface area contributed by atoms with Gasteiger partial charge in [-0.25, -0.2) is 0 Å². The Morgan fingerprint density at radius 3 is 2.38 bits per heavy atom. The van der Waals surface area contributed by atoms with E-state index in [1.54, 1.807) is 0 Å². The van der Waals surface area contributed by atoms with Crippen LogP contribution in [0.5, 0.6) is 0 Å². The Kier molecular flexibility index (Phi) is 6.58. The fraction of sp³-hybridized carbons (Fsp3) is 0.483. The number of ether oxygens (including phenoxy) is 1. The number of aliphatic hydroxyl groups is 1.